The zero-order chi connectivity index (χ0) is 48.2. The Morgan fingerprint density at radius 3 is 1.36 bits per heavy atom. The molecule has 0 bridgehead atoms. The lowest BCUT2D eigenvalue weighted by Crippen LogP contribution is -2.09. The lowest BCUT2D eigenvalue weighted by Gasteiger charge is -2.26. The highest BCUT2D eigenvalue weighted by molar-refractivity contribution is 7.26. The van der Waals surface area contributed by atoms with Crippen molar-refractivity contribution in [3.8, 4) is 61.3 Å². The van der Waals surface area contributed by atoms with E-state index in [4.69, 9.17) is 0 Å². The molecule has 0 fully saturated rings. The van der Waals surface area contributed by atoms with Gasteiger partial charge in [0.15, 0.2) is 0 Å². The highest BCUT2D eigenvalue weighted by Crippen LogP contribution is 2.43. The maximum absolute atomic E-state index is 2.39. The highest BCUT2D eigenvalue weighted by atomic mass is 32.1. The number of para-hydroxylation sites is 2. The standard InChI is InChI=1S/C70H46N2S/c1-2-13-53-45-57(31-30-47(53)12-1)55-15-9-14-54(44-55)50-28-26-48(27-29-50)49-32-38-58(39-33-49)71(60-42-36-52(37-43-60)62-21-11-22-66-65-20-5-8-25-69(65)73-70(62)66)59-40-34-51(35-41-59)56-16-10-17-61(46-56)72-67-23-6-3-18-63(67)64-19-4-7-24-68(64)72/h1-46H. The van der Waals surface area contributed by atoms with Gasteiger partial charge in [0.25, 0.3) is 0 Å². The van der Waals surface area contributed by atoms with E-state index >= 15 is 0 Å². The minimum Gasteiger partial charge on any atom is -0.311 e. The van der Waals surface area contributed by atoms with Gasteiger partial charge in [-0.15, -0.1) is 11.3 Å². The zero-order valence-electron chi connectivity index (χ0n) is 39.9. The molecule has 0 spiro atoms. The van der Waals surface area contributed by atoms with Crippen LogP contribution in [0.3, 0.4) is 0 Å². The molecule has 0 unspecified atom stereocenters. The highest BCUT2D eigenvalue weighted by Gasteiger charge is 2.17. The number of hydrogen-bond acceptors (Lipinski definition) is 2. The summed E-state index contributed by atoms with van der Waals surface area (Å²) in [5.41, 5.74) is 18.8. The summed E-state index contributed by atoms with van der Waals surface area (Å²) in [6, 6.07) is 102. The number of hydrogen-bond donors (Lipinski definition) is 0. The molecular weight excluding hydrogens is 901 g/mol. The largest absolute Gasteiger partial charge is 0.311 e. The topological polar surface area (TPSA) is 8.17 Å². The maximum atomic E-state index is 2.39. The van der Waals surface area contributed by atoms with E-state index in [2.05, 4.69) is 289 Å². The quantitative estimate of drug-likeness (QED) is 0.140. The first-order chi connectivity index (χ1) is 36.2. The average molecular weight is 947 g/mol. The van der Waals surface area contributed by atoms with Gasteiger partial charge >= 0.3 is 0 Å². The number of fused-ring (bicyclic) bond motifs is 7. The lowest BCUT2D eigenvalue weighted by atomic mass is 9.96. The predicted octanol–water partition coefficient (Wildman–Crippen LogP) is 20.1. The summed E-state index contributed by atoms with van der Waals surface area (Å²) in [6.07, 6.45) is 0. The van der Waals surface area contributed by atoms with Crippen molar-refractivity contribution >= 4 is 81.1 Å². The molecule has 73 heavy (non-hydrogen) atoms. The SMILES string of the molecule is c1cc(-c2ccc(-c3ccc(N(c4ccc(-c5cccc(-n6c7ccccc7c7ccccc76)c5)cc4)c4ccc(-c5cccc6c5sc5ccccc56)cc4)cc3)cc2)cc(-c2ccc3ccccc3c2)c1. The van der Waals surface area contributed by atoms with Gasteiger partial charge in [0.2, 0.25) is 0 Å². The number of nitrogens with zero attached hydrogens (tertiary/aromatic N) is 2. The molecular formula is C70H46N2S. The molecule has 3 heteroatoms. The van der Waals surface area contributed by atoms with E-state index in [1.165, 1.54) is 103 Å². The van der Waals surface area contributed by atoms with E-state index in [0.717, 1.165) is 28.3 Å². The average Bonchev–Trinajstić information content (AvgIpc) is 4.02. The third-order valence-electron chi connectivity index (χ3n) is 14.6. The van der Waals surface area contributed by atoms with Crippen LogP contribution in [0.25, 0.3) is 114 Å². The van der Waals surface area contributed by atoms with Crippen LogP contribution in [-0.2, 0) is 0 Å². The van der Waals surface area contributed by atoms with Gasteiger partial charge in [-0.05, 0) is 145 Å². The molecule has 0 atom stereocenters. The minimum absolute atomic E-state index is 1.09. The first kappa shape index (κ1) is 42.6. The fourth-order valence-electron chi connectivity index (χ4n) is 10.9. The van der Waals surface area contributed by atoms with Crippen LogP contribution in [0.2, 0.25) is 0 Å². The fraction of sp³-hybridized carbons (Fsp3) is 0. The van der Waals surface area contributed by atoms with E-state index in [1.54, 1.807) is 0 Å². The van der Waals surface area contributed by atoms with E-state index in [-0.39, 0.29) is 0 Å². The first-order valence-corrected chi connectivity index (χ1v) is 25.8. The fourth-order valence-corrected chi connectivity index (χ4v) is 12.2. The van der Waals surface area contributed by atoms with Crippen LogP contribution in [0.1, 0.15) is 0 Å². The first-order valence-electron chi connectivity index (χ1n) is 25.0. The van der Waals surface area contributed by atoms with Gasteiger partial charge in [-0.3, -0.25) is 0 Å². The Hall–Kier alpha value is -9.28. The molecule has 0 N–H and O–H groups in total. The van der Waals surface area contributed by atoms with E-state index in [1.807, 2.05) is 11.3 Å². The molecule has 0 radical (unpaired) electrons. The van der Waals surface area contributed by atoms with Crippen LogP contribution in [0.4, 0.5) is 17.1 Å². The third-order valence-corrected chi connectivity index (χ3v) is 15.8. The number of rotatable bonds is 9. The van der Waals surface area contributed by atoms with Crippen molar-refractivity contribution in [1.82, 2.24) is 4.57 Å². The molecule has 342 valence electrons. The monoisotopic (exact) mass is 946 g/mol. The Balaban J connectivity index is 0.794. The molecule has 12 aromatic carbocycles. The van der Waals surface area contributed by atoms with Gasteiger partial charge in [0.05, 0.1) is 11.0 Å². The summed E-state index contributed by atoms with van der Waals surface area (Å²) in [4.78, 5) is 2.37. The zero-order valence-corrected chi connectivity index (χ0v) is 40.7. The van der Waals surface area contributed by atoms with Crippen molar-refractivity contribution in [2.24, 2.45) is 0 Å². The summed E-state index contributed by atoms with van der Waals surface area (Å²) in [5.74, 6) is 0. The number of thiophene rings is 1. The van der Waals surface area contributed by atoms with Crippen LogP contribution >= 0.6 is 11.3 Å². The van der Waals surface area contributed by atoms with E-state index in [0.29, 0.717) is 0 Å². The third kappa shape index (κ3) is 7.66. The van der Waals surface area contributed by atoms with Gasteiger partial charge < -0.3 is 9.47 Å². The Kier molecular flexibility index (Phi) is 10.4. The normalized spacial score (nSPS) is 11.6. The molecule has 0 amide bonds. The minimum atomic E-state index is 1.09. The Morgan fingerprint density at radius 1 is 0.274 bits per heavy atom. The molecule has 0 saturated carbocycles. The van der Waals surface area contributed by atoms with Crippen molar-refractivity contribution in [2.75, 3.05) is 4.90 Å². The van der Waals surface area contributed by atoms with Gasteiger partial charge in [-0.2, -0.15) is 0 Å². The molecule has 2 aromatic heterocycles. The Labute approximate surface area is 428 Å². The predicted molar refractivity (Wildman–Crippen MR) is 313 cm³/mol. The van der Waals surface area contributed by atoms with Crippen LogP contribution in [0.15, 0.2) is 279 Å². The molecule has 2 heterocycles. The number of anilines is 3. The van der Waals surface area contributed by atoms with Crippen molar-refractivity contribution in [3.63, 3.8) is 0 Å². The molecule has 14 rings (SSSR count). The second kappa shape index (κ2) is 17.8. The van der Waals surface area contributed by atoms with Gasteiger partial charge in [0.1, 0.15) is 0 Å². The number of benzene rings is 12. The number of aromatic nitrogens is 1. The molecule has 0 saturated heterocycles. The molecule has 0 aliphatic heterocycles. The van der Waals surface area contributed by atoms with Crippen LogP contribution in [0, 0.1) is 0 Å². The van der Waals surface area contributed by atoms with Crippen molar-refractivity contribution in [1.29, 1.82) is 0 Å². The summed E-state index contributed by atoms with van der Waals surface area (Å²) in [7, 11) is 0. The molecule has 0 aliphatic carbocycles. The van der Waals surface area contributed by atoms with Crippen LogP contribution in [-0.4, -0.2) is 4.57 Å². The summed E-state index contributed by atoms with van der Waals surface area (Å²) >= 11 is 1.87. The van der Waals surface area contributed by atoms with Gasteiger partial charge in [-0.1, -0.05) is 200 Å². The summed E-state index contributed by atoms with van der Waals surface area (Å²) in [6.45, 7) is 0. The summed E-state index contributed by atoms with van der Waals surface area (Å²) in [5, 5.41) is 7.67. The summed E-state index contributed by atoms with van der Waals surface area (Å²) < 4.78 is 5.03. The lowest BCUT2D eigenvalue weighted by molar-refractivity contribution is 1.18. The Morgan fingerprint density at radius 2 is 0.712 bits per heavy atom. The van der Waals surface area contributed by atoms with Crippen LogP contribution in [0.5, 0.6) is 0 Å². The molecule has 0 aliphatic rings. The van der Waals surface area contributed by atoms with Gasteiger partial charge in [-0.25, -0.2) is 0 Å². The smallest absolute Gasteiger partial charge is 0.0541 e. The van der Waals surface area contributed by atoms with Crippen LogP contribution < -0.4 is 4.90 Å². The Bertz CT molecular complexity index is 4300. The maximum Gasteiger partial charge on any atom is 0.0541 e. The van der Waals surface area contributed by atoms with Crippen molar-refractivity contribution in [3.05, 3.63) is 279 Å². The van der Waals surface area contributed by atoms with Gasteiger partial charge in [0, 0.05) is 53.7 Å². The second-order valence-corrected chi connectivity index (χ2v) is 19.9. The van der Waals surface area contributed by atoms with E-state index < -0.39 is 0 Å². The van der Waals surface area contributed by atoms with Crippen molar-refractivity contribution in [2.45, 2.75) is 0 Å². The van der Waals surface area contributed by atoms with E-state index in [9.17, 15) is 0 Å². The van der Waals surface area contributed by atoms with Crippen molar-refractivity contribution < 1.29 is 0 Å². The second-order valence-electron chi connectivity index (χ2n) is 18.9. The molecule has 2 nitrogen and oxygen atoms in total. The molecule has 14 aromatic rings.